The Morgan fingerprint density at radius 3 is 2.48 bits per heavy atom. The number of aryl methyl sites for hydroxylation is 1. The SMILES string of the molecule is CCNC(=NCc1cccc(C(=O)NC)c1)NCc1ccc(C)cc1. The Bertz CT molecular complexity index is 723. The summed E-state index contributed by atoms with van der Waals surface area (Å²) in [5.74, 6) is 0.670. The number of guanidine groups is 1. The van der Waals surface area contributed by atoms with Crippen LogP contribution in [0.5, 0.6) is 0 Å². The fourth-order valence-electron chi connectivity index (χ4n) is 2.36. The number of carbonyl (C=O) groups excluding carboxylic acids is 1. The first kappa shape index (κ1) is 18.5. The van der Waals surface area contributed by atoms with Crippen molar-refractivity contribution in [3.05, 3.63) is 70.8 Å². The van der Waals surface area contributed by atoms with Crippen LogP contribution in [0.2, 0.25) is 0 Å². The molecule has 3 N–H and O–H groups in total. The second-order valence-corrected chi connectivity index (χ2v) is 5.81. The maximum Gasteiger partial charge on any atom is 0.251 e. The van der Waals surface area contributed by atoms with E-state index in [-0.39, 0.29) is 5.91 Å². The van der Waals surface area contributed by atoms with Gasteiger partial charge in [-0.3, -0.25) is 4.79 Å². The fraction of sp³-hybridized carbons (Fsp3) is 0.300. The van der Waals surface area contributed by atoms with E-state index in [0.717, 1.165) is 18.1 Å². The standard InChI is InChI=1S/C20H26N4O/c1-4-22-20(23-13-16-10-8-15(2)9-11-16)24-14-17-6-5-7-18(12-17)19(25)21-3/h5-12H,4,13-14H2,1-3H3,(H,21,25)(H2,22,23,24). The highest BCUT2D eigenvalue weighted by Gasteiger charge is 2.04. The molecule has 132 valence electrons. The predicted molar refractivity (Wildman–Crippen MR) is 103 cm³/mol. The average Bonchev–Trinajstić information content (AvgIpc) is 2.65. The first-order valence-corrected chi connectivity index (χ1v) is 8.51. The van der Waals surface area contributed by atoms with Gasteiger partial charge in [-0.15, -0.1) is 0 Å². The molecule has 0 bridgehead atoms. The van der Waals surface area contributed by atoms with E-state index < -0.39 is 0 Å². The van der Waals surface area contributed by atoms with Gasteiger partial charge >= 0.3 is 0 Å². The topological polar surface area (TPSA) is 65.5 Å². The van der Waals surface area contributed by atoms with Gasteiger partial charge in [0, 0.05) is 25.7 Å². The van der Waals surface area contributed by atoms with E-state index in [9.17, 15) is 4.79 Å². The molecule has 2 aromatic rings. The molecule has 0 atom stereocenters. The third-order valence-corrected chi connectivity index (χ3v) is 3.76. The van der Waals surface area contributed by atoms with Gasteiger partial charge in [-0.2, -0.15) is 0 Å². The van der Waals surface area contributed by atoms with Crippen molar-refractivity contribution in [3.8, 4) is 0 Å². The minimum absolute atomic E-state index is 0.0877. The number of rotatable bonds is 6. The van der Waals surface area contributed by atoms with Crippen LogP contribution in [0.1, 0.15) is 34.0 Å². The molecule has 0 aliphatic carbocycles. The fourth-order valence-corrected chi connectivity index (χ4v) is 2.36. The Kier molecular flexibility index (Phi) is 7.01. The van der Waals surface area contributed by atoms with Crippen LogP contribution in [0.3, 0.4) is 0 Å². The first-order valence-electron chi connectivity index (χ1n) is 8.51. The van der Waals surface area contributed by atoms with Crippen molar-refractivity contribution in [2.24, 2.45) is 4.99 Å². The number of aliphatic imine (C=N–C) groups is 1. The molecule has 0 spiro atoms. The molecule has 0 aliphatic heterocycles. The Morgan fingerprint density at radius 1 is 1.04 bits per heavy atom. The zero-order valence-corrected chi connectivity index (χ0v) is 15.1. The molecule has 0 aliphatic rings. The largest absolute Gasteiger partial charge is 0.357 e. The van der Waals surface area contributed by atoms with Crippen LogP contribution < -0.4 is 16.0 Å². The van der Waals surface area contributed by atoms with Crippen molar-refractivity contribution in [3.63, 3.8) is 0 Å². The molecule has 1 amide bonds. The van der Waals surface area contributed by atoms with E-state index in [2.05, 4.69) is 52.1 Å². The van der Waals surface area contributed by atoms with E-state index in [1.807, 2.05) is 25.1 Å². The summed E-state index contributed by atoms with van der Waals surface area (Å²) < 4.78 is 0. The summed E-state index contributed by atoms with van der Waals surface area (Å²) in [6, 6.07) is 15.9. The summed E-state index contributed by atoms with van der Waals surface area (Å²) in [5, 5.41) is 9.21. The van der Waals surface area contributed by atoms with Crippen LogP contribution in [0, 0.1) is 6.92 Å². The molecule has 2 rings (SSSR count). The highest BCUT2D eigenvalue weighted by molar-refractivity contribution is 5.94. The predicted octanol–water partition coefficient (Wildman–Crippen LogP) is 2.61. The second kappa shape index (κ2) is 9.47. The molecule has 0 radical (unpaired) electrons. The lowest BCUT2D eigenvalue weighted by Crippen LogP contribution is -2.36. The van der Waals surface area contributed by atoms with Gasteiger partial charge in [0.2, 0.25) is 0 Å². The van der Waals surface area contributed by atoms with Gasteiger partial charge in [0.15, 0.2) is 5.96 Å². The average molecular weight is 338 g/mol. The lowest BCUT2D eigenvalue weighted by molar-refractivity contribution is 0.0963. The highest BCUT2D eigenvalue weighted by atomic mass is 16.1. The van der Waals surface area contributed by atoms with Crippen LogP contribution in [0.25, 0.3) is 0 Å². The molecule has 5 heteroatoms. The molecule has 0 saturated heterocycles. The maximum atomic E-state index is 11.7. The molecule has 25 heavy (non-hydrogen) atoms. The molecule has 0 aromatic heterocycles. The lowest BCUT2D eigenvalue weighted by atomic mass is 10.1. The van der Waals surface area contributed by atoms with Crippen LogP contribution in [-0.4, -0.2) is 25.5 Å². The first-order chi connectivity index (χ1) is 12.1. The minimum atomic E-state index is -0.0877. The lowest BCUT2D eigenvalue weighted by Gasteiger charge is -2.12. The molecule has 0 saturated carbocycles. The number of benzene rings is 2. The van der Waals surface area contributed by atoms with Crippen LogP contribution in [0.15, 0.2) is 53.5 Å². The van der Waals surface area contributed by atoms with Crippen molar-refractivity contribution >= 4 is 11.9 Å². The summed E-state index contributed by atoms with van der Waals surface area (Å²) in [6.45, 7) is 6.13. The molecule has 0 fully saturated rings. The van der Waals surface area contributed by atoms with Crippen LogP contribution in [0.4, 0.5) is 0 Å². The smallest absolute Gasteiger partial charge is 0.251 e. The number of hydrogen-bond donors (Lipinski definition) is 3. The van der Waals surface area contributed by atoms with Crippen molar-refractivity contribution in [2.45, 2.75) is 26.9 Å². The summed E-state index contributed by atoms with van der Waals surface area (Å²) in [7, 11) is 1.63. The molecular weight excluding hydrogens is 312 g/mol. The van der Waals surface area contributed by atoms with Crippen LogP contribution >= 0.6 is 0 Å². The zero-order chi connectivity index (χ0) is 18.1. The Hall–Kier alpha value is -2.82. The van der Waals surface area contributed by atoms with Gasteiger partial charge in [0.05, 0.1) is 6.54 Å². The third-order valence-electron chi connectivity index (χ3n) is 3.76. The Morgan fingerprint density at radius 2 is 1.80 bits per heavy atom. The number of nitrogens with zero attached hydrogens (tertiary/aromatic N) is 1. The van der Waals surface area contributed by atoms with E-state index >= 15 is 0 Å². The maximum absolute atomic E-state index is 11.7. The third kappa shape index (κ3) is 5.95. The van der Waals surface area contributed by atoms with Crippen LogP contribution in [-0.2, 0) is 13.1 Å². The van der Waals surface area contributed by atoms with Crippen molar-refractivity contribution in [1.29, 1.82) is 0 Å². The van der Waals surface area contributed by atoms with E-state index in [0.29, 0.717) is 18.7 Å². The molecular formula is C20H26N4O. The Balaban J connectivity index is 2.01. The molecule has 0 unspecified atom stereocenters. The van der Waals surface area contributed by atoms with Gasteiger partial charge in [-0.25, -0.2) is 4.99 Å². The Labute approximate surface area is 149 Å². The summed E-state index contributed by atoms with van der Waals surface area (Å²) in [5.41, 5.74) is 4.10. The summed E-state index contributed by atoms with van der Waals surface area (Å²) >= 11 is 0. The van der Waals surface area contributed by atoms with Gasteiger partial charge in [-0.1, -0.05) is 42.0 Å². The van der Waals surface area contributed by atoms with E-state index in [4.69, 9.17) is 0 Å². The molecule has 0 heterocycles. The van der Waals surface area contributed by atoms with Crippen molar-refractivity contribution in [1.82, 2.24) is 16.0 Å². The van der Waals surface area contributed by atoms with Gasteiger partial charge in [0.1, 0.15) is 0 Å². The normalized spacial score (nSPS) is 11.1. The second-order valence-electron chi connectivity index (χ2n) is 5.81. The molecule has 2 aromatic carbocycles. The van der Waals surface area contributed by atoms with Gasteiger partial charge in [0.25, 0.3) is 5.91 Å². The number of hydrogen-bond acceptors (Lipinski definition) is 2. The highest BCUT2D eigenvalue weighted by Crippen LogP contribution is 2.07. The quantitative estimate of drug-likeness (QED) is 0.560. The summed E-state index contributed by atoms with van der Waals surface area (Å²) in [4.78, 5) is 16.3. The number of carbonyl (C=O) groups is 1. The van der Waals surface area contributed by atoms with E-state index in [1.54, 1.807) is 13.1 Å². The number of amides is 1. The van der Waals surface area contributed by atoms with Gasteiger partial charge in [-0.05, 0) is 37.1 Å². The van der Waals surface area contributed by atoms with Crippen molar-refractivity contribution in [2.75, 3.05) is 13.6 Å². The zero-order valence-electron chi connectivity index (χ0n) is 15.1. The van der Waals surface area contributed by atoms with E-state index in [1.165, 1.54) is 11.1 Å². The monoisotopic (exact) mass is 338 g/mol. The molecule has 5 nitrogen and oxygen atoms in total. The minimum Gasteiger partial charge on any atom is -0.357 e. The summed E-state index contributed by atoms with van der Waals surface area (Å²) in [6.07, 6.45) is 0. The van der Waals surface area contributed by atoms with Gasteiger partial charge < -0.3 is 16.0 Å². The van der Waals surface area contributed by atoms with Crippen molar-refractivity contribution < 1.29 is 4.79 Å². The number of nitrogens with one attached hydrogen (secondary N) is 3.